The summed E-state index contributed by atoms with van der Waals surface area (Å²) in [6, 6.07) is 14.1. The van der Waals surface area contributed by atoms with E-state index in [1.807, 2.05) is 20.8 Å². The van der Waals surface area contributed by atoms with Crippen molar-refractivity contribution in [3.05, 3.63) is 53.6 Å². The molecule has 0 aromatic heterocycles. The van der Waals surface area contributed by atoms with Crippen LogP contribution in [-0.2, 0) is 14.3 Å². The highest BCUT2D eigenvalue weighted by atomic mass is 35.5. The number of rotatable bonds is 7. The number of anilines is 1. The number of carbonyl (C=O) groups excluding carboxylic acids is 3. The predicted molar refractivity (Wildman–Crippen MR) is 136 cm³/mol. The van der Waals surface area contributed by atoms with E-state index in [0.717, 1.165) is 0 Å². The quantitative estimate of drug-likeness (QED) is 0.459. The number of hydrogen-bond acceptors (Lipinski definition) is 5. The highest BCUT2D eigenvalue weighted by Gasteiger charge is 2.31. The van der Waals surface area contributed by atoms with Gasteiger partial charge in [0.2, 0.25) is 5.91 Å². The number of hydrogen-bond donors (Lipinski definition) is 0. The van der Waals surface area contributed by atoms with Crippen LogP contribution >= 0.6 is 11.6 Å². The Morgan fingerprint density at radius 2 is 1.51 bits per heavy atom. The van der Waals surface area contributed by atoms with Gasteiger partial charge in [-0.25, -0.2) is 4.79 Å². The maximum Gasteiger partial charge on any atom is 0.410 e. The van der Waals surface area contributed by atoms with Crippen LogP contribution in [0.1, 0.15) is 47.0 Å². The first-order valence-electron chi connectivity index (χ1n) is 11.9. The van der Waals surface area contributed by atoms with Crippen LogP contribution in [0.5, 0.6) is 11.5 Å². The van der Waals surface area contributed by atoms with Crippen molar-refractivity contribution < 1.29 is 23.9 Å². The zero-order chi connectivity index (χ0) is 25.6. The van der Waals surface area contributed by atoms with Crippen molar-refractivity contribution in [2.45, 2.75) is 52.6 Å². The zero-order valence-electron chi connectivity index (χ0n) is 20.8. The molecule has 2 aromatic carbocycles. The van der Waals surface area contributed by atoms with Crippen molar-refractivity contribution in [2.24, 2.45) is 5.92 Å². The molecule has 0 saturated carbocycles. The summed E-state index contributed by atoms with van der Waals surface area (Å²) in [7, 11) is 0. The Balaban J connectivity index is 1.61. The number of Topliss-reactive ketones (excluding diaryl/α,β-unsaturated/α-hetero) is 1. The molecule has 1 fully saturated rings. The van der Waals surface area contributed by atoms with Gasteiger partial charge < -0.3 is 19.3 Å². The fraction of sp³-hybridized carbons (Fsp3) is 0.444. The monoisotopic (exact) mass is 500 g/mol. The molecule has 1 saturated heterocycles. The van der Waals surface area contributed by atoms with Crippen LogP contribution in [0.15, 0.2) is 48.5 Å². The van der Waals surface area contributed by atoms with Gasteiger partial charge in [0, 0.05) is 36.1 Å². The van der Waals surface area contributed by atoms with Crippen LogP contribution in [-0.4, -0.2) is 47.9 Å². The SMILES string of the molecule is CCC(=O)N(CC(=O)C1CCN(C(=O)OC(C)(C)C)CC1)c1ccc(Oc2ccc(Cl)cc2)cc1. The molecule has 1 aliphatic rings. The number of likely N-dealkylation sites (tertiary alicyclic amines) is 1. The molecule has 0 spiro atoms. The highest BCUT2D eigenvalue weighted by Crippen LogP contribution is 2.27. The van der Waals surface area contributed by atoms with Crippen molar-refractivity contribution in [2.75, 3.05) is 24.5 Å². The predicted octanol–water partition coefficient (Wildman–Crippen LogP) is 6.09. The van der Waals surface area contributed by atoms with Crippen molar-refractivity contribution in [1.29, 1.82) is 0 Å². The van der Waals surface area contributed by atoms with Crippen LogP contribution in [0.4, 0.5) is 10.5 Å². The Labute approximate surface area is 211 Å². The van der Waals surface area contributed by atoms with Gasteiger partial charge in [0.1, 0.15) is 17.1 Å². The van der Waals surface area contributed by atoms with Gasteiger partial charge >= 0.3 is 6.09 Å². The molecule has 1 aliphatic heterocycles. The Kier molecular flexibility index (Phi) is 8.78. The fourth-order valence-electron chi connectivity index (χ4n) is 3.84. The van der Waals surface area contributed by atoms with Gasteiger partial charge in [-0.3, -0.25) is 9.59 Å². The van der Waals surface area contributed by atoms with E-state index in [4.69, 9.17) is 21.1 Å². The first-order chi connectivity index (χ1) is 16.6. The third kappa shape index (κ3) is 7.72. The third-order valence-corrected chi connectivity index (χ3v) is 5.97. The van der Waals surface area contributed by atoms with E-state index in [-0.39, 0.29) is 36.7 Å². The van der Waals surface area contributed by atoms with E-state index in [0.29, 0.717) is 48.1 Å². The summed E-state index contributed by atoms with van der Waals surface area (Å²) in [6.07, 6.45) is 1.04. The minimum absolute atomic E-state index is 0.00116. The topological polar surface area (TPSA) is 76.2 Å². The first-order valence-corrected chi connectivity index (χ1v) is 12.3. The summed E-state index contributed by atoms with van der Waals surface area (Å²) in [5, 5.41) is 0.626. The Morgan fingerprint density at radius 1 is 0.971 bits per heavy atom. The second-order valence-electron chi connectivity index (χ2n) is 9.59. The minimum atomic E-state index is -0.555. The molecule has 0 aliphatic carbocycles. The lowest BCUT2D eigenvalue weighted by molar-refractivity contribution is -0.125. The van der Waals surface area contributed by atoms with Gasteiger partial charge in [0.15, 0.2) is 5.78 Å². The summed E-state index contributed by atoms with van der Waals surface area (Å²) in [5.41, 5.74) is 0.0834. The van der Waals surface area contributed by atoms with E-state index in [2.05, 4.69) is 0 Å². The minimum Gasteiger partial charge on any atom is -0.457 e. The van der Waals surface area contributed by atoms with Crippen LogP contribution in [0.25, 0.3) is 0 Å². The number of piperidine rings is 1. The average Bonchev–Trinajstić information content (AvgIpc) is 2.83. The lowest BCUT2D eigenvalue weighted by Crippen LogP contribution is -2.45. The molecule has 0 radical (unpaired) electrons. The van der Waals surface area contributed by atoms with Crippen LogP contribution in [0.3, 0.4) is 0 Å². The van der Waals surface area contributed by atoms with Crippen LogP contribution in [0.2, 0.25) is 5.02 Å². The molecule has 35 heavy (non-hydrogen) atoms. The number of ketones is 1. The molecular formula is C27H33ClN2O5. The molecule has 7 nitrogen and oxygen atoms in total. The van der Waals surface area contributed by atoms with Crippen molar-refractivity contribution >= 4 is 35.1 Å². The lowest BCUT2D eigenvalue weighted by atomic mass is 9.92. The number of halogens is 1. The number of benzene rings is 2. The first kappa shape index (κ1) is 26.5. The van der Waals surface area contributed by atoms with Crippen molar-refractivity contribution in [3.8, 4) is 11.5 Å². The summed E-state index contributed by atoms with van der Waals surface area (Å²) in [4.78, 5) is 41.2. The zero-order valence-corrected chi connectivity index (χ0v) is 21.5. The number of amides is 2. The van der Waals surface area contributed by atoms with Gasteiger partial charge in [0.25, 0.3) is 0 Å². The van der Waals surface area contributed by atoms with Gasteiger partial charge in [-0.1, -0.05) is 18.5 Å². The summed E-state index contributed by atoms with van der Waals surface area (Å²) in [5.74, 6) is 0.929. The lowest BCUT2D eigenvalue weighted by Gasteiger charge is -2.33. The number of carbonyl (C=O) groups is 3. The maximum atomic E-state index is 13.1. The molecule has 0 atom stereocenters. The number of ether oxygens (including phenoxy) is 2. The molecule has 0 bridgehead atoms. The molecule has 1 heterocycles. The smallest absolute Gasteiger partial charge is 0.410 e. The van der Waals surface area contributed by atoms with E-state index in [9.17, 15) is 14.4 Å². The molecule has 188 valence electrons. The van der Waals surface area contributed by atoms with Gasteiger partial charge in [-0.05, 0) is 82.1 Å². The summed E-state index contributed by atoms with van der Waals surface area (Å²) < 4.78 is 11.2. The van der Waals surface area contributed by atoms with E-state index >= 15 is 0 Å². The van der Waals surface area contributed by atoms with Gasteiger partial charge in [-0.15, -0.1) is 0 Å². The second-order valence-corrected chi connectivity index (χ2v) is 10.0. The van der Waals surface area contributed by atoms with Crippen LogP contribution < -0.4 is 9.64 Å². The largest absolute Gasteiger partial charge is 0.457 e. The maximum absolute atomic E-state index is 13.1. The summed E-state index contributed by atoms with van der Waals surface area (Å²) in [6.45, 7) is 8.19. The Bertz CT molecular complexity index is 1020. The molecule has 3 rings (SSSR count). The normalized spacial score (nSPS) is 14.4. The second kappa shape index (κ2) is 11.6. The van der Waals surface area contributed by atoms with E-state index in [1.165, 1.54) is 4.90 Å². The Hall–Kier alpha value is -3.06. The summed E-state index contributed by atoms with van der Waals surface area (Å²) >= 11 is 5.91. The van der Waals surface area contributed by atoms with E-state index in [1.54, 1.807) is 60.4 Å². The van der Waals surface area contributed by atoms with Crippen LogP contribution in [0, 0.1) is 5.92 Å². The van der Waals surface area contributed by atoms with Crippen molar-refractivity contribution in [1.82, 2.24) is 4.90 Å². The third-order valence-electron chi connectivity index (χ3n) is 5.72. The highest BCUT2D eigenvalue weighted by molar-refractivity contribution is 6.30. The fourth-order valence-corrected chi connectivity index (χ4v) is 3.97. The number of nitrogens with zero attached hydrogens (tertiary/aromatic N) is 2. The van der Waals surface area contributed by atoms with Crippen molar-refractivity contribution in [3.63, 3.8) is 0 Å². The van der Waals surface area contributed by atoms with E-state index < -0.39 is 5.60 Å². The molecule has 0 N–H and O–H groups in total. The van der Waals surface area contributed by atoms with Gasteiger partial charge in [0.05, 0.1) is 6.54 Å². The average molecular weight is 501 g/mol. The Morgan fingerprint density at radius 3 is 2.03 bits per heavy atom. The van der Waals surface area contributed by atoms with Gasteiger partial charge in [-0.2, -0.15) is 0 Å². The molecule has 8 heteroatoms. The molecular weight excluding hydrogens is 468 g/mol. The standard InChI is InChI=1S/C27H33ClN2O5/c1-5-25(32)30(21-8-12-23(13-9-21)34-22-10-6-20(28)7-11-22)18-24(31)19-14-16-29(17-15-19)26(33)35-27(2,3)4/h6-13,19H,5,14-18H2,1-4H3. The molecule has 0 unspecified atom stereocenters. The molecule has 2 aromatic rings. The molecule has 2 amide bonds.